The summed E-state index contributed by atoms with van der Waals surface area (Å²) in [7, 11) is 0. The van der Waals surface area contributed by atoms with Gasteiger partial charge in [-0.25, -0.2) is 4.39 Å². The molecule has 4 atom stereocenters. The highest BCUT2D eigenvalue weighted by Gasteiger charge is 2.36. The topological polar surface area (TPSA) is 69.9 Å². The lowest BCUT2D eigenvalue weighted by molar-refractivity contribution is -0.181. The molecule has 0 aliphatic carbocycles. The van der Waals surface area contributed by atoms with E-state index in [-0.39, 0.29) is 18.8 Å². The predicted octanol–water partition coefficient (Wildman–Crippen LogP) is 4.00. The van der Waals surface area contributed by atoms with Gasteiger partial charge >= 0.3 is 0 Å². The standard InChI is InChI=1S/C24H25FO4S/c1-14-2-3-16(24-21(28)12-20(27)22(13-26)29-24)10-17(14)11-19-8-9-23(30-19)15-4-6-18(25)7-5-15/h2-10,20-22,24,26-28H,11-13H2,1H3/t20-,21+,22?,24?/m0/s1. The van der Waals surface area contributed by atoms with E-state index in [2.05, 4.69) is 6.07 Å². The molecule has 0 saturated carbocycles. The molecule has 1 aliphatic rings. The molecule has 1 fully saturated rings. The Kier molecular flexibility index (Phi) is 6.32. The summed E-state index contributed by atoms with van der Waals surface area (Å²) in [5, 5.41) is 29.8. The molecule has 1 aliphatic heterocycles. The minimum atomic E-state index is -0.873. The van der Waals surface area contributed by atoms with E-state index in [0.29, 0.717) is 0 Å². The van der Waals surface area contributed by atoms with Gasteiger partial charge in [0.15, 0.2) is 0 Å². The van der Waals surface area contributed by atoms with Gasteiger partial charge in [-0.1, -0.05) is 30.3 Å². The molecule has 0 amide bonds. The SMILES string of the molecule is Cc1ccc(C2OC(CO)[C@@H](O)C[C@H]2O)cc1Cc1ccc(-c2ccc(F)cc2)s1. The number of benzene rings is 2. The van der Waals surface area contributed by atoms with Gasteiger partial charge in [0.25, 0.3) is 0 Å². The summed E-state index contributed by atoms with van der Waals surface area (Å²) in [5.41, 5.74) is 4.09. The molecule has 3 N–H and O–H groups in total. The zero-order valence-electron chi connectivity index (χ0n) is 16.7. The van der Waals surface area contributed by atoms with Gasteiger partial charge in [0.1, 0.15) is 18.0 Å². The number of aliphatic hydroxyl groups excluding tert-OH is 3. The van der Waals surface area contributed by atoms with E-state index in [1.807, 2.05) is 31.2 Å². The summed E-state index contributed by atoms with van der Waals surface area (Å²) in [4.78, 5) is 2.27. The maximum atomic E-state index is 13.2. The molecular formula is C24H25FO4S. The number of hydrogen-bond donors (Lipinski definition) is 3. The van der Waals surface area contributed by atoms with Crippen molar-refractivity contribution in [1.29, 1.82) is 0 Å². The van der Waals surface area contributed by atoms with Gasteiger partial charge in [-0.2, -0.15) is 0 Å². The summed E-state index contributed by atoms with van der Waals surface area (Å²) in [5.74, 6) is -0.244. The van der Waals surface area contributed by atoms with E-state index >= 15 is 0 Å². The Bertz CT molecular complexity index is 1000. The van der Waals surface area contributed by atoms with Crippen LogP contribution in [0.1, 0.15) is 34.1 Å². The third kappa shape index (κ3) is 4.48. The van der Waals surface area contributed by atoms with Crippen molar-refractivity contribution in [2.45, 2.75) is 44.2 Å². The van der Waals surface area contributed by atoms with Crippen LogP contribution < -0.4 is 0 Å². The van der Waals surface area contributed by atoms with Crippen molar-refractivity contribution < 1.29 is 24.4 Å². The van der Waals surface area contributed by atoms with Crippen LogP contribution in [0, 0.1) is 12.7 Å². The quantitative estimate of drug-likeness (QED) is 0.575. The Morgan fingerprint density at radius 2 is 1.80 bits per heavy atom. The number of rotatable bonds is 5. The van der Waals surface area contributed by atoms with Crippen molar-refractivity contribution in [2.24, 2.45) is 0 Å². The Balaban J connectivity index is 1.55. The molecule has 30 heavy (non-hydrogen) atoms. The maximum absolute atomic E-state index is 13.2. The molecule has 3 aromatic rings. The van der Waals surface area contributed by atoms with Gasteiger partial charge in [-0.05, 0) is 53.4 Å². The average molecular weight is 429 g/mol. The van der Waals surface area contributed by atoms with E-state index in [9.17, 15) is 19.7 Å². The van der Waals surface area contributed by atoms with E-state index in [1.165, 1.54) is 17.0 Å². The molecule has 1 aromatic heterocycles. The maximum Gasteiger partial charge on any atom is 0.123 e. The molecular weight excluding hydrogens is 403 g/mol. The first kappa shape index (κ1) is 21.2. The van der Waals surface area contributed by atoms with E-state index in [4.69, 9.17) is 4.74 Å². The zero-order valence-corrected chi connectivity index (χ0v) is 17.5. The van der Waals surface area contributed by atoms with Crippen LogP contribution in [-0.2, 0) is 11.2 Å². The highest BCUT2D eigenvalue weighted by molar-refractivity contribution is 7.15. The monoisotopic (exact) mass is 428 g/mol. The van der Waals surface area contributed by atoms with Crippen LogP contribution in [0.25, 0.3) is 10.4 Å². The molecule has 2 unspecified atom stereocenters. The molecule has 2 aromatic carbocycles. The summed E-state index contributed by atoms with van der Waals surface area (Å²) >= 11 is 1.67. The molecule has 1 saturated heterocycles. The van der Waals surface area contributed by atoms with Crippen molar-refractivity contribution in [2.75, 3.05) is 6.61 Å². The Morgan fingerprint density at radius 1 is 1.03 bits per heavy atom. The van der Waals surface area contributed by atoms with Gasteiger partial charge in [0.2, 0.25) is 0 Å². The summed E-state index contributed by atoms with van der Waals surface area (Å²) in [6.07, 6.45) is -2.07. The lowest BCUT2D eigenvalue weighted by Crippen LogP contribution is -2.44. The van der Waals surface area contributed by atoms with Gasteiger partial charge in [0, 0.05) is 22.6 Å². The number of hydrogen-bond acceptors (Lipinski definition) is 5. The predicted molar refractivity (Wildman–Crippen MR) is 115 cm³/mol. The smallest absolute Gasteiger partial charge is 0.123 e. The highest BCUT2D eigenvalue weighted by Crippen LogP contribution is 2.34. The minimum Gasteiger partial charge on any atom is -0.394 e. The molecule has 2 heterocycles. The third-order valence-electron chi connectivity index (χ3n) is 5.62. The normalized spacial score (nSPS) is 24.2. The zero-order chi connectivity index (χ0) is 21.3. The summed E-state index contributed by atoms with van der Waals surface area (Å²) in [6, 6.07) is 16.6. The Morgan fingerprint density at radius 3 is 2.53 bits per heavy atom. The molecule has 0 bridgehead atoms. The van der Waals surface area contributed by atoms with Crippen LogP contribution in [-0.4, -0.2) is 40.2 Å². The van der Waals surface area contributed by atoms with Crippen LogP contribution in [0.2, 0.25) is 0 Å². The molecule has 4 rings (SSSR count). The van der Waals surface area contributed by atoms with Crippen molar-refractivity contribution >= 4 is 11.3 Å². The van der Waals surface area contributed by atoms with E-state index in [1.54, 1.807) is 23.5 Å². The number of aliphatic hydroxyl groups is 3. The van der Waals surface area contributed by atoms with Crippen LogP contribution in [0.5, 0.6) is 0 Å². The second-order valence-electron chi connectivity index (χ2n) is 7.78. The first-order valence-corrected chi connectivity index (χ1v) is 10.8. The average Bonchev–Trinajstić information content (AvgIpc) is 3.19. The fourth-order valence-corrected chi connectivity index (χ4v) is 4.88. The highest BCUT2D eigenvalue weighted by atomic mass is 32.1. The molecule has 0 spiro atoms. The first-order valence-electron chi connectivity index (χ1n) is 10.0. The molecule has 0 radical (unpaired) electrons. The van der Waals surface area contributed by atoms with E-state index < -0.39 is 24.4 Å². The Hall–Kier alpha value is -2.09. The molecule has 6 heteroatoms. The number of thiophene rings is 1. The van der Waals surface area contributed by atoms with Gasteiger partial charge in [0.05, 0.1) is 18.8 Å². The summed E-state index contributed by atoms with van der Waals surface area (Å²) < 4.78 is 19.0. The first-order chi connectivity index (χ1) is 14.4. The van der Waals surface area contributed by atoms with Crippen molar-refractivity contribution in [3.8, 4) is 10.4 Å². The van der Waals surface area contributed by atoms with Gasteiger partial charge < -0.3 is 20.1 Å². The third-order valence-corrected chi connectivity index (χ3v) is 6.75. The lowest BCUT2D eigenvalue weighted by Gasteiger charge is -2.37. The van der Waals surface area contributed by atoms with Crippen molar-refractivity contribution in [3.05, 3.63) is 82.0 Å². The minimum absolute atomic E-state index is 0.172. The fourth-order valence-electron chi connectivity index (χ4n) is 3.85. The lowest BCUT2D eigenvalue weighted by atomic mass is 9.91. The van der Waals surface area contributed by atoms with Gasteiger partial charge in [-0.15, -0.1) is 11.3 Å². The van der Waals surface area contributed by atoms with E-state index in [0.717, 1.165) is 33.6 Å². The Labute approximate surface area is 179 Å². The number of halogens is 1. The van der Waals surface area contributed by atoms with Gasteiger partial charge in [-0.3, -0.25) is 0 Å². The van der Waals surface area contributed by atoms with Crippen LogP contribution in [0.3, 0.4) is 0 Å². The fraction of sp³-hybridized carbons (Fsp3) is 0.333. The molecule has 4 nitrogen and oxygen atoms in total. The number of aryl methyl sites for hydroxylation is 1. The van der Waals surface area contributed by atoms with Crippen LogP contribution in [0.4, 0.5) is 4.39 Å². The van der Waals surface area contributed by atoms with Crippen molar-refractivity contribution in [1.82, 2.24) is 0 Å². The van der Waals surface area contributed by atoms with Crippen molar-refractivity contribution in [3.63, 3.8) is 0 Å². The van der Waals surface area contributed by atoms with Crippen LogP contribution >= 0.6 is 11.3 Å². The summed E-state index contributed by atoms with van der Waals surface area (Å²) in [6.45, 7) is 1.76. The number of ether oxygens (including phenoxy) is 1. The molecule has 158 valence electrons. The largest absolute Gasteiger partial charge is 0.394 e. The second kappa shape index (κ2) is 8.96. The second-order valence-corrected chi connectivity index (χ2v) is 8.95. The van der Waals surface area contributed by atoms with Crippen LogP contribution in [0.15, 0.2) is 54.6 Å².